The van der Waals surface area contributed by atoms with Crippen molar-refractivity contribution in [3.63, 3.8) is 0 Å². The summed E-state index contributed by atoms with van der Waals surface area (Å²) >= 11 is 0. The maximum absolute atomic E-state index is 11.1. The van der Waals surface area contributed by atoms with Gasteiger partial charge in [0, 0.05) is 12.1 Å². The molecule has 2 rings (SSSR count). The van der Waals surface area contributed by atoms with Gasteiger partial charge in [-0.2, -0.15) is 0 Å². The number of halogens is 1. The van der Waals surface area contributed by atoms with E-state index in [1.165, 1.54) is 0 Å². The number of carboxylic acid groups (broad SMARTS) is 1. The van der Waals surface area contributed by atoms with E-state index in [-0.39, 0.29) is 18.2 Å². The minimum absolute atomic E-state index is 0. The Morgan fingerprint density at radius 1 is 1.42 bits per heavy atom. The number of benzene rings is 1. The second-order valence-corrected chi connectivity index (χ2v) is 5.06. The van der Waals surface area contributed by atoms with Crippen molar-refractivity contribution in [3.05, 3.63) is 28.8 Å². The van der Waals surface area contributed by atoms with Crippen molar-refractivity contribution in [2.24, 2.45) is 0 Å². The molecule has 0 aliphatic carbocycles. The number of hydrogen-bond donors (Lipinski definition) is 2. The van der Waals surface area contributed by atoms with Crippen LogP contribution in [0.2, 0.25) is 0 Å². The van der Waals surface area contributed by atoms with Crippen molar-refractivity contribution in [2.75, 3.05) is 6.54 Å². The van der Waals surface area contributed by atoms with Gasteiger partial charge in [-0.05, 0) is 38.8 Å². The lowest BCUT2D eigenvalue weighted by molar-refractivity contribution is -0.142. The number of rotatable bonds is 3. The predicted molar refractivity (Wildman–Crippen MR) is 75.9 cm³/mol. The Morgan fingerprint density at radius 2 is 2.11 bits per heavy atom. The van der Waals surface area contributed by atoms with E-state index in [1.807, 2.05) is 30.9 Å². The predicted octanol–water partition coefficient (Wildman–Crippen LogP) is 2.48. The molecule has 1 heterocycles. The molecule has 1 aliphatic rings. The van der Waals surface area contributed by atoms with Crippen LogP contribution in [0.5, 0.6) is 5.75 Å². The molecule has 0 radical (unpaired) electrons. The lowest BCUT2D eigenvalue weighted by Gasteiger charge is -2.22. The fourth-order valence-corrected chi connectivity index (χ4v) is 2.68. The molecule has 0 saturated carbocycles. The van der Waals surface area contributed by atoms with Crippen molar-refractivity contribution in [1.29, 1.82) is 0 Å². The van der Waals surface area contributed by atoms with Crippen LogP contribution >= 0.6 is 12.4 Å². The van der Waals surface area contributed by atoms with E-state index in [4.69, 9.17) is 5.11 Å². The lowest BCUT2D eigenvalue weighted by Crippen LogP contribution is -2.35. The summed E-state index contributed by atoms with van der Waals surface area (Å²) in [4.78, 5) is 13.0. The Balaban J connectivity index is 0.00000180. The molecule has 19 heavy (non-hydrogen) atoms. The van der Waals surface area contributed by atoms with Gasteiger partial charge >= 0.3 is 5.97 Å². The fraction of sp³-hybridized carbons (Fsp3) is 0.500. The van der Waals surface area contributed by atoms with Gasteiger partial charge in [0.25, 0.3) is 0 Å². The normalized spacial score (nSPS) is 19.2. The number of nitrogens with zero attached hydrogens (tertiary/aromatic N) is 1. The number of phenols is 1. The van der Waals surface area contributed by atoms with E-state index < -0.39 is 12.0 Å². The number of aliphatic carboxylic acids is 1. The van der Waals surface area contributed by atoms with Crippen LogP contribution < -0.4 is 0 Å². The van der Waals surface area contributed by atoms with E-state index in [1.54, 1.807) is 0 Å². The Hall–Kier alpha value is -1.26. The van der Waals surface area contributed by atoms with Gasteiger partial charge in [-0.15, -0.1) is 12.4 Å². The summed E-state index contributed by atoms with van der Waals surface area (Å²) in [6.45, 7) is 5.13. The standard InChI is InChI=1S/C14H19NO3.ClH/c1-9-6-10(2)13(16)11(7-9)8-15-5-3-4-12(15)14(17)18;/h6-7,12,16H,3-5,8H2,1-2H3,(H,17,18);1H/t12-;/m0./s1. The number of likely N-dealkylation sites (tertiary alicyclic amines) is 1. The first kappa shape index (κ1) is 15.8. The van der Waals surface area contributed by atoms with Crippen molar-refractivity contribution < 1.29 is 15.0 Å². The monoisotopic (exact) mass is 285 g/mol. The van der Waals surface area contributed by atoms with Gasteiger partial charge in [0.1, 0.15) is 11.8 Å². The van der Waals surface area contributed by atoms with Crippen LogP contribution in [-0.4, -0.2) is 33.7 Å². The number of aromatic hydroxyl groups is 1. The van der Waals surface area contributed by atoms with E-state index in [2.05, 4.69) is 0 Å². The van der Waals surface area contributed by atoms with Crippen molar-refractivity contribution >= 4 is 18.4 Å². The largest absolute Gasteiger partial charge is 0.507 e. The first-order valence-electron chi connectivity index (χ1n) is 6.25. The average Bonchev–Trinajstić information content (AvgIpc) is 2.73. The van der Waals surface area contributed by atoms with Crippen molar-refractivity contribution in [2.45, 2.75) is 39.3 Å². The molecule has 1 aliphatic heterocycles. The molecule has 0 bridgehead atoms. The Bertz CT molecular complexity index is 476. The molecule has 2 N–H and O–H groups in total. The maximum Gasteiger partial charge on any atom is 0.320 e. The molecule has 4 nitrogen and oxygen atoms in total. The molecule has 0 spiro atoms. The number of phenolic OH excluding ortho intramolecular Hbond substituents is 1. The van der Waals surface area contributed by atoms with Crippen molar-refractivity contribution in [1.82, 2.24) is 4.90 Å². The topological polar surface area (TPSA) is 60.8 Å². The van der Waals surface area contributed by atoms with Crippen LogP contribution in [0.1, 0.15) is 29.5 Å². The third kappa shape index (κ3) is 3.39. The molecule has 1 aromatic carbocycles. The summed E-state index contributed by atoms with van der Waals surface area (Å²) in [5.74, 6) is -0.479. The van der Waals surface area contributed by atoms with Crippen LogP contribution in [-0.2, 0) is 11.3 Å². The molecular formula is C14H20ClNO3. The van der Waals surface area contributed by atoms with E-state index in [9.17, 15) is 9.90 Å². The molecule has 0 amide bonds. The van der Waals surface area contributed by atoms with Crippen LogP contribution in [0.15, 0.2) is 12.1 Å². The highest BCUT2D eigenvalue weighted by Crippen LogP contribution is 2.28. The summed E-state index contributed by atoms with van der Waals surface area (Å²) in [6, 6.07) is 3.45. The van der Waals surface area contributed by atoms with Gasteiger partial charge in [-0.3, -0.25) is 9.69 Å². The summed E-state index contributed by atoms with van der Waals surface area (Å²) in [6.07, 6.45) is 1.60. The van der Waals surface area contributed by atoms with E-state index >= 15 is 0 Å². The van der Waals surface area contributed by atoms with Gasteiger partial charge in [0.15, 0.2) is 0 Å². The first-order chi connectivity index (χ1) is 8.49. The van der Waals surface area contributed by atoms with Gasteiger partial charge in [-0.1, -0.05) is 17.7 Å². The first-order valence-corrected chi connectivity index (χ1v) is 6.25. The molecule has 106 valence electrons. The minimum Gasteiger partial charge on any atom is -0.507 e. The number of aryl methyl sites for hydroxylation is 2. The molecule has 1 atom stereocenters. The minimum atomic E-state index is -0.767. The Morgan fingerprint density at radius 3 is 2.74 bits per heavy atom. The maximum atomic E-state index is 11.1. The third-order valence-corrected chi connectivity index (χ3v) is 3.55. The molecule has 0 unspecified atom stereocenters. The second-order valence-electron chi connectivity index (χ2n) is 5.06. The molecule has 1 saturated heterocycles. The number of carboxylic acids is 1. The number of carbonyl (C=O) groups is 1. The zero-order valence-corrected chi connectivity index (χ0v) is 12.0. The van der Waals surface area contributed by atoms with Crippen LogP contribution in [0, 0.1) is 13.8 Å². The average molecular weight is 286 g/mol. The van der Waals surface area contributed by atoms with Gasteiger partial charge in [0.05, 0.1) is 0 Å². The summed E-state index contributed by atoms with van der Waals surface area (Å²) in [5, 5.41) is 19.2. The molecular weight excluding hydrogens is 266 g/mol. The van der Waals surface area contributed by atoms with Gasteiger partial charge in [0.2, 0.25) is 0 Å². The van der Waals surface area contributed by atoms with E-state index in [0.717, 1.165) is 29.7 Å². The van der Waals surface area contributed by atoms with E-state index in [0.29, 0.717) is 13.0 Å². The Kier molecular flexibility index (Phi) is 5.20. The molecule has 1 fully saturated rings. The highest BCUT2D eigenvalue weighted by Gasteiger charge is 2.30. The second kappa shape index (κ2) is 6.26. The zero-order valence-electron chi connectivity index (χ0n) is 11.2. The van der Waals surface area contributed by atoms with Crippen LogP contribution in [0.3, 0.4) is 0 Å². The van der Waals surface area contributed by atoms with Crippen molar-refractivity contribution in [3.8, 4) is 5.75 Å². The van der Waals surface area contributed by atoms with Crippen LogP contribution in [0.4, 0.5) is 0 Å². The van der Waals surface area contributed by atoms with Gasteiger partial charge in [-0.25, -0.2) is 0 Å². The quantitative estimate of drug-likeness (QED) is 0.896. The lowest BCUT2D eigenvalue weighted by atomic mass is 10.0. The summed E-state index contributed by atoms with van der Waals surface area (Å²) in [7, 11) is 0. The highest BCUT2D eigenvalue weighted by molar-refractivity contribution is 5.85. The summed E-state index contributed by atoms with van der Waals surface area (Å²) in [5.41, 5.74) is 2.75. The Labute approximate surface area is 119 Å². The third-order valence-electron chi connectivity index (χ3n) is 3.55. The molecule has 0 aromatic heterocycles. The zero-order chi connectivity index (χ0) is 13.3. The summed E-state index contributed by atoms with van der Waals surface area (Å²) < 4.78 is 0. The smallest absolute Gasteiger partial charge is 0.320 e. The SMILES string of the molecule is Cc1cc(C)c(O)c(CN2CCC[C@H]2C(=O)O)c1.Cl. The van der Waals surface area contributed by atoms with Crippen LogP contribution in [0.25, 0.3) is 0 Å². The molecule has 1 aromatic rings. The highest BCUT2D eigenvalue weighted by atomic mass is 35.5. The number of hydrogen-bond acceptors (Lipinski definition) is 3. The molecule has 5 heteroatoms. The fourth-order valence-electron chi connectivity index (χ4n) is 2.68. The van der Waals surface area contributed by atoms with Gasteiger partial charge < -0.3 is 10.2 Å².